The predicted octanol–water partition coefficient (Wildman–Crippen LogP) is 4.10. The quantitative estimate of drug-likeness (QED) is 0.557. The summed E-state index contributed by atoms with van der Waals surface area (Å²) < 4.78 is 31.2. The fourth-order valence-electron chi connectivity index (χ4n) is 2.85. The van der Waals surface area contributed by atoms with Crippen LogP contribution in [0.1, 0.15) is 25.8 Å². The highest BCUT2D eigenvalue weighted by molar-refractivity contribution is 5.49. The number of ether oxygens (including phenoxy) is 3. The molecule has 164 valence electrons. The van der Waals surface area contributed by atoms with Crippen molar-refractivity contribution in [3.63, 3.8) is 0 Å². The van der Waals surface area contributed by atoms with E-state index < -0.39 is 5.60 Å². The first-order chi connectivity index (χ1) is 14.7. The maximum Gasteiger partial charge on any atom is 0.258 e. The number of benzene rings is 2. The highest BCUT2D eigenvalue weighted by Crippen LogP contribution is 2.30. The average Bonchev–Trinajstić information content (AvgIpc) is 2.73. The van der Waals surface area contributed by atoms with Gasteiger partial charge in [0.1, 0.15) is 18.2 Å². The molecule has 0 aliphatic carbocycles. The van der Waals surface area contributed by atoms with Crippen LogP contribution in [-0.4, -0.2) is 29.0 Å². The number of rotatable bonds is 9. The van der Waals surface area contributed by atoms with Gasteiger partial charge in [-0.25, -0.2) is 4.39 Å². The second-order valence-electron chi connectivity index (χ2n) is 7.73. The summed E-state index contributed by atoms with van der Waals surface area (Å²) in [4.78, 5) is 12.6. The topological polar surface area (TPSA) is 69.9 Å². The number of aromatic nitrogens is 1. The van der Waals surface area contributed by atoms with Crippen LogP contribution in [0, 0.1) is 5.82 Å². The summed E-state index contributed by atoms with van der Waals surface area (Å²) in [6.45, 7) is 4.00. The van der Waals surface area contributed by atoms with Gasteiger partial charge in [-0.15, -0.1) is 0 Å². The van der Waals surface area contributed by atoms with E-state index in [0.29, 0.717) is 36.0 Å². The molecule has 2 aromatic carbocycles. The molecule has 3 aromatic rings. The number of nitrogens with zero attached hydrogens (tertiary/aromatic N) is 1. The molecule has 0 unspecified atom stereocenters. The Hall–Kier alpha value is -3.32. The summed E-state index contributed by atoms with van der Waals surface area (Å²) in [6, 6.07) is 14.3. The van der Waals surface area contributed by atoms with E-state index in [9.17, 15) is 14.3 Å². The highest BCUT2D eigenvalue weighted by atomic mass is 19.1. The number of halogens is 1. The summed E-state index contributed by atoms with van der Waals surface area (Å²) >= 11 is 0. The molecule has 3 rings (SSSR count). The molecule has 0 aliphatic heterocycles. The van der Waals surface area contributed by atoms with Gasteiger partial charge in [0.2, 0.25) is 0 Å². The Balaban J connectivity index is 1.71. The van der Waals surface area contributed by atoms with E-state index >= 15 is 0 Å². The van der Waals surface area contributed by atoms with Gasteiger partial charge in [-0.3, -0.25) is 9.36 Å². The lowest BCUT2D eigenvalue weighted by Gasteiger charge is -2.18. The maximum absolute atomic E-state index is 13.0. The van der Waals surface area contributed by atoms with Crippen molar-refractivity contribution < 1.29 is 23.7 Å². The van der Waals surface area contributed by atoms with Crippen molar-refractivity contribution in [3.8, 4) is 22.9 Å². The van der Waals surface area contributed by atoms with Gasteiger partial charge in [-0.2, -0.15) is 0 Å². The van der Waals surface area contributed by atoms with E-state index in [2.05, 4.69) is 0 Å². The smallest absolute Gasteiger partial charge is 0.258 e. The number of pyridine rings is 1. The minimum atomic E-state index is -0.818. The number of aliphatic hydroxyl groups is 1. The van der Waals surface area contributed by atoms with Crippen molar-refractivity contribution in [2.24, 2.45) is 0 Å². The van der Waals surface area contributed by atoms with Gasteiger partial charge in [0.25, 0.3) is 5.56 Å². The van der Waals surface area contributed by atoms with Crippen LogP contribution in [0.15, 0.2) is 65.6 Å². The third-order valence-corrected chi connectivity index (χ3v) is 4.61. The molecule has 7 heteroatoms. The summed E-state index contributed by atoms with van der Waals surface area (Å²) in [5, 5.41) is 9.81. The second kappa shape index (κ2) is 9.66. The van der Waals surface area contributed by atoms with E-state index in [1.807, 2.05) is 0 Å². The van der Waals surface area contributed by atoms with Crippen molar-refractivity contribution in [3.05, 3.63) is 82.5 Å². The van der Waals surface area contributed by atoms with E-state index in [4.69, 9.17) is 14.2 Å². The Labute approximate surface area is 180 Å². The highest BCUT2D eigenvalue weighted by Gasteiger charge is 2.14. The fraction of sp³-hybridized carbons (Fsp3) is 0.292. The van der Waals surface area contributed by atoms with E-state index in [-0.39, 0.29) is 18.0 Å². The Morgan fingerprint density at radius 3 is 2.39 bits per heavy atom. The van der Waals surface area contributed by atoms with E-state index in [1.54, 1.807) is 56.4 Å². The number of methoxy groups -OCH3 is 1. The van der Waals surface area contributed by atoms with Gasteiger partial charge >= 0.3 is 0 Å². The van der Waals surface area contributed by atoms with Crippen LogP contribution in [0.25, 0.3) is 5.69 Å². The summed E-state index contributed by atoms with van der Waals surface area (Å²) in [5.41, 5.74) is 0.327. The zero-order valence-electron chi connectivity index (χ0n) is 17.8. The predicted molar refractivity (Wildman–Crippen MR) is 116 cm³/mol. The molecule has 6 nitrogen and oxygen atoms in total. The van der Waals surface area contributed by atoms with E-state index in [1.165, 1.54) is 29.9 Å². The molecule has 1 N–H and O–H groups in total. The molecule has 0 spiro atoms. The van der Waals surface area contributed by atoms with Gasteiger partial charge in [-0.1, -0.05) is 12.1 Å². The van der Waals surface area contributed by atoms with Crippen LogP contribution >= 0.6 is 0 Å². The van der Waals surface area contributed by atoms with Gasteiger partial charge in [0, 0.05) is 24.8 Å². The lowest BCUT2D eigenvalue weighted by Crippen LogP contribution is -2.22. The van der Waals surface area contributed by atoms with Crippen molar-refractivity contribution in [2.45, 2.75) is 32.5 Å². The van der Waals surface area contributed by atoms with Crippen LogP contribution in [-0.2, 0) is 6.61 Å². The van der Waals surface area contributed by atoms with Gasteiger partial charge < -0.3 is 19.3 Å². The third-order valence-electron chi connectivity index (χ3n) is 4.61. The average molecular weight is 427 g/mol. The van der Waals surface area contributed by atoms with Gasteiger partial charge in [0.15, 0.2) is 11.5 Å². The zero-order valence-corrected chi connectivity index (χ0v) is 17.8. The van der Waals surface area contributed by atoms with Crippen molar-refractivity contribution in [1.82, 2.24) is 4.57 Å². The Morgan fingerprint density at radius 2 is 1.74 bits per heavy atom. The van der Waals surface area contributed by atoms with Crippen LogP contribution < -0.4 is 19.8 Å². The van der Waals surface area contributed by atoms with Crippen LogP contribution in [0.2, 0.25) is 0 Å². The molecular weight excluding hydrogens is 401 g/mol. The lowest BCUT2D eigenvalue weighted by atomic mass is 10.1. The van der Waals surface area contributed by atoms with Crippen LogP contribution in [0.5, 0.6) is 17.2 Å². The monoisotopic (exact) mass is 427 g/mol. The molecule has 1 aromatic heterocycles. The molecule has 0 fully saturated rings. The zero-order chi connectivity index (χ0) is 22.4. The summed E-state index contributed by atoms with van der Waals surface area (Å²) in [5.74, 6) is 1.12. The molecule has 1 heterocycles. The Bertz CT molecular complexity index is 1070. The Kier molecular flexibility index (Phi) is 6.97. The van der Waals surface area contributed by atoms with Crippen LogP contribution in [0.3, 0.4) is 0 Å². The SMILES string of the molecule is COc1cc(-n2ccc(OCc3ccc(F)cc3)cc2=O)ccc1OCCC(C)(C)O. The number of hydrogen-bond acceptors (Lipinski definition) is 5. The summed E-state index contributed by atoms with van der Waals surface area (Å²) in [6.07, 6.45) is 2.09. The minimum absolute atomic E-state index is 0.230. The first-order valence-corrected chi connectivity index (χ1v) is 9.89. The molecule has 0 radical (unpaired) electrons. The third kappa shape index (κ3) is 6.33. The number of hydrogen-bond donors (Lipinski definition) is 1. The minimum Gasteiger partial charge on any atom is -0.493 e. The second-order valence-corrected chi connectivity index (χ2v) is 7.73. The van der Waals surface area contributed by atoms with Crippen LogP contribution in [0.4, 0.5) is 4.39 Å². The molecule has 31 heavy (non-hydrogen) atoms. The molecule has 0 aliphatic rings. The largest absolute Gasteiger partial charge is 0.493 e. The Morgan fingerprint density at radius 1 is 1.00 bits per heavy atom. The fourth-order valence-corrected chi connectivity index (χ4v) is 2.85. The lowest BCUT2D eigenvalue weighted by molar-refractivity contribution is 0.0549. The van der Waals surface area contributed by atoms with Crippen molar-refractivity contribution in [1.29, 1.82) is 0 Å². The maximum atomic E-state index is 13.0. The molecule has 0 amide bonds. The normalized spacial score (nSPS) is 11.3. The van der Waals surface area contributed by atoms with Crippen molar-refractivity contribution >= 4 is 0 Å². The first-order valence-electron chi connectivity index (χ1n) is 9.89. The van der Waals surface area contributed by atoms with Gasteiger partial charge in [-0.05, 0) is 49.7 Å². The standard InChI is InChI=1S/C24H26FNO5/c1-24(2,28)11-13-30-21-9-8-19(14-22(21)29-3)26-12-10-20(15-23(26)27)31-16-17-4-6-18(25)7-5-17/h4-10,12,14-15,28H,11,13,16H2,1-3H3. The molecule has 0 bridgehead atoms. The molecular formula is C24H26FNO5. The molecule has 0 atom stereocenters. The molecule has 0 saturated heterocycles. The van der Waals surface area contributed by atoms with Crippen molar-refractivity contribution in [2.75, 3.05) is 13.7 Å². The van der Waals surface area contributed by atoms with E-state index in [0.717, 1.165) is 5.56 Å². The van der Waals surface area contributed by atoms with Gasteiger partial charge in [0.05, 0.1) is 25.0 Å². The molecule has 0 saturated carbocycles. The first kappa shape index (κ1) is 22.4. The summed E-state index contributed by atoms with van der Waals surface area (Å²) in [7, 11) is 1.52.